The number of carbonyl (C=O) groups is 1. The van der Waals surface area contributed by atoms with Gasteiger partial charge >= 0.3 is 0 Å². The minimum atomic E-state index is -0.265. The minimum absolute atomic E-state index is 0. The molecular weight excluding hydrogens is 469 g/mol. The molecule has 8 heteroatoms. The molecule has 2 rings (SSSR count). The normalized spacial score (nSPS) is 16.8. The van der Waals surface area contributed by atoms with Crippen LogP contribution in [0.1, 0.15) is 32.3 Å². The molecule has 4 N–H and O–H groups in total. The van der Waals surface area contributed by atoms with Gasteiger partial charge in [0.2, 0.25) is 5.91 Å². The number of rotatable bonds is 8. The van der Waals surface area contributed by atoms with Crippen molar-refractivity contribution >= 4 is 35.8 Å². The van der Waals surface area contributed by atoms with Gasteiger partial charge in [-0.05, 0) is 51.3 Å². The van der Waals surface area contributed by atoms with Gasteiger partial charge in [0, 0.05) is 25.7 Å². The Morgan fingerprint density at radius 2 is 2.11 bits per heavy atom. The average molecular weight is 503 g/mol. The van der Waals surface area contributed by atoms with E-state index in [-0.39, 0.29) is 36.0 Å². The van der Waals surface area contributed by atoms with E-state index in [2.05, 4.69) is 40.4 Å². The molecule has 158 valence electrons. The van der Waals surface area contributed by atoms with E-state index in [9.17, 15) is 4.79 Å². The number of piperidine rings is 1. The van der Waals surface area contributed by atoms with Gasteiger partial charge in [-0.25, -0.2) is 4.99 Å². The lowest BCUT2D eigenvalue weighted by Crippen LogP contribution is -2.50. The summed E-state index contributed by atoms with van der Waals surface area (Å²) in [7, 11) is 0. The highest BCUT2D eigenvalue weighted by Crippen LogP contribution is 2.14. The molecule has 0 saturated carbocycles. The maximum Gasteiger partial charge on any atom is 0.231 e. The first-order valence-corrected chi connectivity index (χ1v) is 9.75. The first kappa shape index (κ1) is 24.5. The van der Waals surface area contributed by atoms with Gasteiger partial charge in [0.25, 0.3) is 0 Å². The largest absolute Gasteiger partial charge is 0.489 e. The van der Waals surface area contributed by atoms with Crippen molar-refractivity contribution in [2.24, 2.45) is 10.7 Å². The molecule has 1 atom stereocenters. The van der Waals surface area contributed by atoms with Crippen molar-refractivity contribution < 1.29 is 9.53 Å². The fraction of sp³-hybridized carbons (Fsp3) is 0.600. The maximum absolute atomic E-state index is 11.0. The molecule has 0 aromatic heterocycles. The zero-order chi connectivity index (χ0) is 19.6. The topological polar surface area (TPSA) is 92.0 Å². The zero-order valence-electron chi connectivity index (χ0n) is 17.1. The summed E-state index contributed by atoms with van der Waals surface area (Å²) in [5.74, 6) is 1.42. The second-order valence-electron chi connectivity index (χ2n) is 7.13. The zero-order valence-corrected chi connectivity index (χ0v) is 19.4. The van der Waals surface area contributed by atoms with Gasteiger partial charge in [0.05, 0.1) is 13.1 Å². The Labute approximate surface area is 185 Å². The number of nitrogens with two attached hydrogens (primary N) is 1. The lowest BCUT2D eigenvalue weighted by atomic mass is 10.1. The monoisotopic (exact) mass is 503 g/mol. The van der Waals surface area contributed by atoms with Gasteiger partial charge in [0.15, 0.2) is 5.96 Å². The SMILES string of the molecule is CCNC(=NCC(C)Oc1cccc(C)c1)NC1CCN(CC(N)=O)CC1.I. The predicted molar refractivity (Wildman–Crippen MR) is 124 cm³/mol. The number of aliphatic imine (C=N–C) groups is 1. The third-order valence-electron chi connectivity index (χ3n) is 4.49. The average Bonchev–Trinajstić information content (AvgIpc) is 2.61. The van der Waals surface area contributed by atoms with Gasteiger partial charge in [0.1, 0.15) is 11.9 Å². The number of guanidine groups is 1. The van der Waals surface area contributed by atoms with Gasteiger partial charge in [-0.1, -0.05) is 12.1 Å². The summed E-state index contributed by atoms with van der Waals surface area (Å²) in [5, 5.41) is 6.80. The van der Waals surface area contributed by atoms with E-state index in [0.717, 1.165) is 44.2 Å². The summed E-state index contributed by atoms with van der Waals surface area (Å²) in [4.78, 5) is 17.8. The summed E-state index contributed by atoms with van der Waals surface area (Å²) in [5.41, 5.74) is 6.45. The highest BCUT2D eigenvalue weighted by Gasteiger charge is 2.20. The fourth-order valence-corrected chi connectivity index (χ4v) is 3.15. The van der Waals surface area contributed by atoms with Crippen LogP contribution in [-0.2, 0) is 4.79 Å². The number of hydrogen-bond donors (Lipinski definition) is 3. The number of likely N-dealkylation sites (tertiary alicyclic amines) is 1. The molecule has 1 unspecified atom stereocenters. The number of nitrogens with one attached hydrogen (secondary N) is 2. The number of nitrogens with zero attached hydrogens (tertiary/aromatic N) is 2. The summed E-state index contributed by atoms with van der Waals surface area (Å²) >= 11 is 0. The molecule has 1 aliphatic heterocycles. The van der Waals surface area contributed by atoms with Crippen LogP contribution in [0.3, 0.4) is 0 Å². The Morgan fingerprint density at radius 1 is 1.39 bits per heavy atom. The lowest BCUT2D eigenvalue weighted by Gasteiger charge is -2.32. The molecule has 1 aromatic rings. The van der Waals surface area contributed by atoms with Gasteiger partial charge in [-0.2, -0.15) is 0 Å². The Kier molecular flexibility index (Phi) is 11.2. The summed E-state index contributed by atoms with van der Waals surface area (Å²) < 4.78 is 5.95. The van der Waals surface area contributed by atoms with E-state index >= 15 is 0 Å². The van der Waals surface area contributed by atoms with Crippen LogP contribution in [0.4, 0.5) is 0 Å². The first-order chi connectivity index (χ1) is 13.0. The molecule has 0 spiro atoms. The van der Waals surface area contributed by atoms with Crippen LogP contribution in [0.25, 0.3) is 0 Å². The maximum atomic E-state index is 11.0. The van der Waals surface area contributed by atoms with Crippen LogP contribution in [0.5, 0.6) is 5.75 Å². The third kappa shape index (κ3) is 9.09. The van der Waals surface area contributed by atoms with Crippen LogP contribution in [0.15, 0.2) is 29.3 Å². The number of ether oxygens (including phenoxy) is 1. The van der Waals surface area contributed by atoms with E-state index in [4.69, 9.17) is 10.5 Å². The Bertz CT molecular complexity index is 633. The van der Waals surface area contributed by atoms with Crippen molar-refractivity contribution in [1.29, 1.82) is 0 Å². The summed E-state index contributed by atoms with van der Waals surface area (Å²) in [6.45, 7) is 9.59. The number of primary amides is 1. The molecule has 7 nitrogen and oxygen atoms in total. The number of halogens is 1. The van der Waals surface area contributed by atoms with Crippen molar-refractivity contribution in [2.75, 3.05) is 32.7 Å². The Balaban J connectivity index is 0.00000392. The fourth-order valence-electron chi connectivity index (χ4n) is 3.15. The van der Waals surface area contributed by atoms with E-state index in [1.165, 1.54) is 5.56 Å². The van der Waals surface area contributed by atoms with Gasteiger partial charge in [-0.3, -0.25) is 9.69 Å². The van der Waals surface area contributed by atoms with Crippen LogP contribution in [-0.4, -0.2) is 61.6 Å². The molecule has 0 radical (unpaired) electrons. The molecule has 1 saturated heterocycles. The molecule has 1 fully saturated rings. The minimum Gasteiger partial charge on any atom is -0.489 e. The van der Waals surface area contributed by atoms with Crippen LogP contribution >= 0.6 is 24.0 Å². The second-order valence-corrected chi connectivity index (χ2v) is 7.13. The molecule has 1 amide bonds. The smallest absolute Gasteiger partial charge is 0.231 e. The molecule has 0 aliphatic carbocycles. The first-order valence-electron chi connectivity index (χ1n) is 9.75. The van der Waals surface area contributed by atoms with E-state index < -0.39 is 0 Å². The summed E-state index contributed by atoms with van der Waals surface area (Å²) in [6.07, 6.45) is 1.92. The third-order valence-corrected chi connectivity index (χ3v) is 4.49. The molecule has 1 aromatic carbocycles. The van der Waals surface area contributed by atoms with Crippen LogP contribution < -0.4 is 21.1 Å². The van der Waals surface area contributed by atoms with Crippen molar-refractivity contribution in [3.63, 3.8) is 0 Å². The van der Waals surface area contributed by atoms with Crippen LogP contribution in [0, 0.1) is 6.92 Å². The number of hydrogen-bond acceptors (Lipinski definition) is 4. The van der Waals surface area contributed by atoms with Crippen molar-refractivity contribution in [3.8, 4) is 5.75 Å². The van der Waals surface area contributed by atoms with Crippen molar-refractivity contribution in [3.05, 3.63) is 29.8 Å². The summed E-state index contributed by atoms with van der Waals surface area (Å²) in [6, 6.07) is 8.40. The van der Waals surface area contributed by atoms with Crippen molar-refractivity contribution in [1.82, 2.24) is 15.5 Å². The molecule has 1 heterocycles. The highest BCUT2D eigenvalue weighted by atomic mass is 127. The number of carbonyl (C=O) groups excluding carboxylic acids is 1. The molecule has 0 bridgehead atoms. The van der Waals surface area contributed by atoms with E-state index in [1.807, 2.05) is 25.1 Å². The Hall–Kier alpha value is -1.55. The van der Waals surface area contributed by atoms with Gasteiger partial charge < -0.3 is 21.1 Å². The van der Waals surface area contributed by atoms with E-state index in [0.29, 0.717) is 19.1 Å². The number of amides is 1. The lowest BCUT2D eigenvalue weighted by molar-refractivity contribution is -0.119. The van der Waals surface area contributed by atoms with E-state index in [1.54, 1.807) is 0 Å². The Morgan fingerprint density at radius 3 is 2.71 bits per heavy atom. The van der Waals surface area contributed by atoms with Crippen molar-refractivity contribution in [2.45, 2.75) is 45.8 Å². The van der Waals surface area contributed by atoms with Gasteiger partial charge in [-0.15, -0.1) is 24.0 Å². The second kappa shape index (κ2) is 12.8. The molecule has 28 heavy (non-hydrogen) atoms. The standard InChI is InChI=1S/C20H33N5O2.HI/c1-4-22-20(24-17-8-10-25(11-9-17)14-19(21)26)23-13-16(3)27-18-7-5-6-15(2)12-18;/h5-7,12,16-17H,4,8-11,13-14H2,1-3H3,(H2,21,26)(H2,22,23,24);1H. The molecule has 1 aliphatic rings. The quantitative estimate of drug-likeness (QED) is 0.286. The number of benzene rings is 1. The van der Waals surface area contributed by atoms with Crippen LogP contribution in [0.2, 0.25) is 0 Å². The highest BCUT2D eigenvalue weighted by molar-refractivity contribution is 14.0. The number of aryl methyl sites for hydroxylation is 1. The predicted octanol–water partition coefficient (Wildman–Crippen LogP) is 1.89. The molecular formula is C20H34IN5O2.